The van der Waals surface area contributed by atoms with Gasteiger partial charge in [-0.25, -0.2) is 0 Å². The molecule has 2 heterocycles. The van der Waals surface area contributed by atoms with E-state index in [0.29, 0.717) is 6.54 Å². The molecule has 90 valence electrons. The maximum atomic E-state index is 4.47. The molecule has 4 nitrogen and oxygen atoms in total. The van der Waals surface area contributed by atoms with Crippen molar-refractivity contribution in [1.29, 1.82) is 0 Å². The van der Waals surface area contributed by atoms with E-state index >= 15 is 0 Å². The lowest BCUT2D eigenvalue weighted by molar-refractivity contribution is 0.636. The molecule has 0 saturated carbocycles. The topological polar surface area (TPSA) is 42.7 Å². The number of halogens is 1. The largest absolute Gasteiger partial charge is 0.311 e. The SMILES string of the molecule is CCNCc1ccn(Cc2ccc(Br)cn2)n1. The van der Waals surface area contributed by atoms with Crippen LogP contribution in [0.2, 0.25) is 0 Å². The first-order valence-corrected chi connectivity index (χ1v) is 6.40. The minimum Gasteiger partial charge on any atom is -0.311 e. The van der Waals surface area contributed by atoms with E-state index in [2.05, 4.69) is 38.3 Å². The summed E-state index contributed by atoms with van der Waals surface area (Å²) < 4.78 is 2.90. The van der Waals surface area contributed by atoms with Gasteiger partial charge in [-0.3, -0.25) is 9.67 Å². The van der Waals surface area contributed by atoms with Gasteiger partial charge in [-0.2, -0.15) is 5.10 Å². The first-order chi connectivity index (χ1) is 8.28. The van der Waals surface area contributed by atoms with Gasteiger partial charge in [0.05, 0.1) is 17.9 Å². The second-order valence-electron chi connectivity index (χ2n) is 3.75. The fourth-order valence-electron chi connectivity index (χ4n) is 1.51. The van der Waals surface area contributed by atoms with Gasteiger partial charge in [-0.15, -0.1) is 0 Å². The van der Waals surface area contributed by atoms with Crippen molar-refractivity contribution in [1.82, 2.24) is 20.1 Å². The van der Waals surface area contributed by atoms with E-state index in [-0.39, 0.29) is 0 Å². The molecule has 0 aliphatic carbocycles. The lowest BCUT2D eigenvalue weighted by Crippen LogP contribution is -2.12. The van der Waals surface area contributed by atoms with Crippen molar-refractivity contribution in [3.05, 3.63) is 46.5 Å². The molecule has 0 unspecified atom stereocenters. The molecule has 0 amide bonds. The third kappa shape index (κ3) is 3.64. The third-order valence-electron chi connectivity index (χ3n) is 2.36. The molecule has 0 bridgehead atoms. The summed E-state index contributed by atoms with van der Waals surface area (Å²) >= 11 is 3.37. The zero-order chi connectivity index (χ0) is 12.1. The third-order valence-corrected chi connectivity index (χ3v) is 2.83. The minimum absolute atomic E-state index is 0.708. The average Bonchev–Trinajstić information content (AvgIpc) is 2.77. The molecule has 0 aliphatic heterocycles. The van der Waals surface area contributed by atoms with Gasteiger partial charge in [-0.1, -0.05) is 6.92 Å². The Labute approximate surface area is 109 Å². The summed E-state index contributed by atoms with van der Waals surface area (Å²) in [5.74, 6) is 0. The molecule has 0 aliphatic rings. The number of nitrogens with zero attached hydrogens (tertiary/aromatic N) is 3. The van der Waals surface area contributed by atoms with E-state index in [1.165, 1.54) is 0 Å². The molecular weight excluding hydrogens is 280 g/mol. The number of aromatic nitrogens is 3. The van der Waals surface area contributed by atoms with E-state index in [9.17, 15) is 0 Å². The number of hydrogen-bond donors (Lipinski definition) is 1. The molecule has 0 atom stereocenters. The van der Waals surface area contributed by atoms with Crippen LogP contribution in [0.3, 0.4) is 0 Å². The Morgan fingerprint density at radius 1 is 1.29 bits per heavy atom. The number of rotatable bonds is 5. The van der Waals surface area contributed by atoms with Crippen LogP contribution < -0.4 is 5.32 Å². The molecule has 0 radical (unpaired) electrons. The molecule has 2 aromatic heterocycles. The van der Waals surface area contributed by atoms with Gasteiger partial charge in [0, 0.05) is 23.4 Å². The highest BCUT2D eigenvalue weighted by molar-refractivity contribution is 9.10. The van der Waals surface area contributed by atoms with Gasteiger partial charge in [0.1, 0.15) is 0 Å². The van der Waals surface area contributed by atoms with Crippen LogP contribution in [0.1, 0.15) is 18.3 Å². The second-order valence-corrected chi connectivity index (χ2v) is 4.67. The van der Waals surface area contributed by atoms with E-state index in [4.69, 9.17) is 0 Å². The molecule has 2 aromatic rings. The van der Waals surface area contributed by atoms with Crippen LogP contribution in [0.15, 0.2) is 35.1 Å². The van der Waals surface area contributed by atoms with Crippen LogP contribution in [0.25, 0.3) is 0 Å². The lowest BCUT2D eigenvalue weighted by Gasteiger charge is -2.01. The fourth-order valence-corrected chi connectivity index (χ4v) is 1.74. The van der Waals surface area contributed by atoms with Crippen molar-refractivity contribution < 1.29 is 0 Å². The summed E-state index contributed by atoms with van der Waals surface area (Å²) in [6.07, 6.45) is 3.79. The van der Waals surface area contributed by atoms with Crippen molar-refractivity contribution in [3.8, 4) is 0 Å². The molecule has 0 saturated heterocycles. The van der Waals surface area contributed by atoms with Gasteiger partial charge < -0.3 is 5.32 Å². The van der Waals surface area contributed by atoms with Crippen LogP contribution >= 0.6 is 15.9 Å². The second kappa shape index (κ2) is 5.93. The summed E-state index contributed by atoms with van der Waals surface area (Å²) in [5, 5.41) is 7.72. The van der Waals surface area contributed by atoms with Crippen LogP contribution in [0.4, 0.5) is 0 Å². The quantitative estimate of drug-likeness (QED) is 0.919. The summed E-state index contributed by atoms with van der Waals surface area (Å²) in [5.41, 5.74) is 2.07. The van der Waals surface area contributed by atoms with Crippen molar-refractivity contribution in [2.75, 3.05) is 6.54 Å². The highest BCUT2D eigenvalue weighted by Crippen LogP contribution is 2.08. The van der Waals surface area contributed by atoms with Crippen molar-refractivity contribution in [3.63, 3.8) is 0 Å². The maximum Gasteiger partial charge on any atom is 0.0831 e. The van der Waals surface area contributed by atoms with E-state index in [1.807, 2.05) is 29.1 Å². The summed E-state index contributed by atoms with van der Waals surface area (Å²) in [7, 11) is 0. The van der Waals surface area contributed by atoms with Crippen LogP contribution in [-0.2, 0) is 13.1 Å². The molecule has 0 spiro atoms. The molecule has 5 heteroatoms. The molecule has 2 rings (SSSR count). The smallest absolute Gasteiger partial charge is 0.0831 e. The van der Waals surface area contributed by atoms with Gasteiger partial charge in [0.25, 0.3) is 0 Å². The summed E-state index contributed by atoms with van der Waals surface area (Å²) in [6, 6.07) is 6.02. The maximum absolute atomic E-state index is 4.47. The fraction of sp³-hybridized carbons (Fsp3) is 0.333. The molecule has 0 fully saturated rings. The number of pyridine rings is 1. The summed E-state index contributed by atoms with van der Waals surface area (Å²) in [6.45, 7) is 4.57. The van der Waals surface area contributed by atoms with Crippen molar-refractivity contribution in [2.24, 2.45) is 0 Å². The Morgan fingerprint density at radius 3 is 2.88 bits per heavy atom. The van der Waals surface area contributed by atoms with Gasteiger partial charge in [0.15, 0.2) is 0 Å². The molecular formula is C12H15BrN4. The Bertz CT molecular complexity index is 464. The molecule has 1 N–H and O–H groups in total. The number of nitrogens with one attached hydrogen (secondary N) is 1. The van der Waals surface area contributed by atoms with E-state index in [1.54, 1.807) is 6.20 Å². The van der Waals surface area contributed by atoms with Crippen molar-refractivity contribution >= 4 is 15.9 Å². The zero-order valence-corrected chi connectivity index (χ0v) is 11.3. The van der Waals surface area contributed by atoms with E-state index < -0.39 is 0 Å². The standard InChI is InChI=1S/C12H15BrN4/c1-2-14-8-11-5-6-17(16-11)9-12-4-3-10(13)7-15-12/h3-7,14H,2,8-9H2,1H3. The Morgan fingerprint density at radius 2 is 2.18 bits per heavy atom. The predicted octanol–water partition coefficient (Wildman–Crippen LogP) is 2.20. The van der Waals surface area contributed by atoms with Gasteiger partial charge in [0.2, 0.25) is 0 Å². The molecule has 17 heavy (non-hydrogen) atoms. The zero-order valence-electron chi connectivity index (χ0n) is 9.73. The van der Waals surface area contributed by atoms with Crippen LogP contribution in [-0.4, -0.2) is 21.3 Å². The first kappa shape index (κ1) is 12.3. The van der Waals surface area contributed by atoms with E-state index in [0.717, 1.165) is 29.0 Å². The number of hydrogen-bond acceptors (Lipinski definition) is 3. The highest BCUT2D eigenvalue weighted by Gasteiger charge is 2.00. The predicted molar refractivity (Wildman–Crippen MR) is 70.6 cm³/mol. The summed E-state index contributed by atoms with van der Waals surface area (Å²) in [4.78, 5) is 4.32. The first-order valence-electron chi connectivity index (χ1n) is 5.61. The normalized spacial score (nSPS) is 10.7. The van der Waals surface area contributed by atoms with Crippen LogP contribution in [0, 0.1) is 0 Å². The Kier molecular flexibility index (Phi) is 4.28. The minimum atomic E-state index is 0.708. The van der Waals surface area contributed by atoms with Gasteiger partial charge >= 0.3 is 0 Å². The van der Waals surface area contributed by atoms with Crippen LogP contribution in [0.5, 0.6) is 0 Å². The highest BCUT2D eigenvalue weighted by atomic mass is 79.9. The lowest BCUT2D eigenvalue weighted by atomic mass is 10.3. The van der Waals surface area contributed by atoms with Crippen molar-refractivity contribution in [2.45, 2.75) is 20.0 Å². The molecule has 0 aromatic carbocycles. The Balaban J connectivity index is 1.98. The average molecular weight is 295 g/mol. The monoisotopic (exact) mass is 294 g/mol. The Hall–Kier alpha value is -1.20. The van der Waals surface area contributed by atoms with Gasteiger partial charge in [-0.05, 0) is 40.7 Å².